The molecular weight excluding hydrogens is 184 g/mol. The van der Waals surface area contributed by atoms with E-state index in [1.165, 1.54) is 0 Å². The Labute approximate surface area is 68.5 Å². The van der Waals surface area contributed by atoms with Crippen LogP contribution in [0.5, 0.6) is 0 Å². The van der Waals surface area contributed by atoms with Gasteiger partial charge in [0.15, 0.2) is 0 Å². The van der Waals surface area contributed by atoms with Crippen LogP contribution in [0.25, 0.3) is 0 Å². The van der Waals surface area contributed by atoms with Gasteiger partial charge >= 0.3 is 10.4 Å². The zero-order valence-electron chi connectivity index (χ0n) is 7.16. The second-order valence-corrected chi connectivity index (χ2v) is 10.1. The molecule has 11 heavy (non-hydrogen) atoms. The second-order valence-electron chi connectivity index (χ2n) is 3.53. The summed E-state index contributed by atoms with van der Waals surface area (Å²) in [5.74, 6) is 0. The van der Waals surface area contributed by atoms with Gasteiger partial charge in [-0.3, -0.25) is 4.55 Å². The lowest BCUT2D eigenvalue weighted by Crippen LogP contribution is -2.39. The average Bonchev–Trinajstić information content (AvgIpc) is 1.56. The first-order chi connectivity index (χ1) is 4.63. The first-order valence-corrected chi connectivity index (χ1v) is 8.23. The van der Waals surface area contributed by atoms with Crippen LogP contribution in [0, 0.1) is 0 Å². The Morgan fingerprint density at radius 1 is 1.36 bits per heavy atom. The molecule has 0 bridgehead atoms. The minimum absolute atomic E-state index is 0.391. The highest BCUT2D eigenvalue weighted by Crippen LogP contribution is 2.12. The fraction of sp³-hybridized carbons (Fsp3) is 1.00. The lowest BCUT2D eigenvalue weighted by atomic mass is 10.9. The maximum atomic E-state index is 10.2. The molecule has 0 aromatic heterocycles. The summed E-state index contributed by atoms with van der Waals surface area (Å²) < 4.78 is 33.2. The summed E-state index contributed by atoms with van der Waals surface area (Å²) >= 11 is 0. The van der Waals surface area contributed by atoms with Gasteiger partial charge in [-0.15, -0.1) is 0 Å². The fourth-order valence-corrected chi connectivity index (χ4v) is 2.21. The van der Waals surface area contributed by atoms with E-state index in [0.29, 0.717) is 0 Å². The van der Waals surface area contributed by atoms with Gasteiger partial charge in [0.2, 0.25) is 0 Å². The zero-order chi connectivity index (χ0) is 9.28. The van der Waals surface area contributed by atoms with E-state index in [0.717, 1.165) is 0 Å². The standard InChI is InChI=1S/C5H14O4SSi/c1-5(11(2,3)4)9-10(6,7)8/h5H,1-4H3,(H,6,7,8). The van der Waals surface area contributed by atoms with Crippen LogP contribution in [0.4, 0.5) is 0 Å². The van der Waals surface area contributed by atoms with Crippen LogP contribution in [0.1, 0.15) is 6.92 Å². The highest BCUT2D eigenvalue weighted by Gasteiger charge is 2.27. The predicted molar refractivity (Wildman–Crippen MR) is 45.4 cm³/mol. The van der Waals surface area contributed by atoms with Crippen molar-refractivity contribution in [2.24, 2.45) is 0 Å². The van der Waals surface area contributed by atoms with Crippen LogP contribution in [-0.2, 0) is 14.6 Å². The summed E-state index contributed by atoms with van der Waals surface area (Å²) in [6.45, 7) is 7.54. The van der Waals surface area contributed by atoms with Gasteiger partial charge < -0.3 is 0 Å². The monoisotopic (exact) mass is 198 g/mol. The van der Waals surface area contributed by atoms with E-state index >= 15 is 0 Å². The summed E-state index contributed by atoms with van der Waals surface area (Å²) in [5, 5.41) is 0. The van der Waals surface area contributed by atoms with Gasteiger partial charge in [-0.2, -0.15) is 8.42 Å². The van der Waals surface area contributed by atoms with E-state index in [2.05, 4.69) is 4.18 Å². The van der Waals surface area contributed by atoms with Crippen LogP contribution < -0.4 is 0 Å². The third kappa shape index (κ3) is 5.37. The Hall–Kier alpha value is 0.0869. The normalized spacial score (nSPS) is 16.5. The van der Waals surface area contributed by atoms with Crippen molar-refractivity contribution in [1.29, 1.82) is 0 Å². The van der Waals surface area contributed by atoms with Crippen LogP contribution in [0.2, 0.25) is 19.6 Å². The van der Waals surface area contributed by atoms with Gasteiger partial charge in [0.25, 0.3) is 0 Å². The second kappa shape index (κ2) is 3.22. The molecular formula is C5H14O4SSi. The van der Waals surface area contributed by atoms with Gasteiger partial charge in [0.1, 0.15) is 0 Å². The average molecular weight is 198 g/mol. The van der Waals surface area contributed by atoms with Gasteiger partial charge in [0, 0.05) is 0 Å². The van der Waals surface area contributed by atoms with Crippen LogP contribution >= 0.6 is 0 Å². The Morgan fingerprint density at radius 3 is 1.82 bits per heavy atom. The van der Waals surface area contributed by atoms with Crippen LogP contribution in [0.3, 0.4) is 0 Å². The summed E-state index contributed by atoms with van der Waals surface area (Å²) in [5.41, 5.74) is -0.391. The third-order valence-corrected chi connectivity index (χ3v) is 4.75. The quantitative estimate of drug-likeness (QED) is 0.544. The minimum Gasteiger partial charge on any atom is -0.264 e. The van der Waals surface area contributed by atoms with Crippen LogP contribution in [0.15, 0.2) is 0 Å². The highest BCUT2D eigenvalue weighted by atomic mass is 32.3. The molecule has 0 radical (unpaired) electrons. The molecule has 1 N–H and O–H groups in total. The molecule has 0 aliphatic heterocycles. The highest BCUT2D eigenvalue weighted by molar-refractivity contribution is 7.81. The van der Waals surface area contributed by atoms with E-state index in [-0.39, 0.29) is 0 Å². The molecule has 68 valence electrons. The molecule has 6 heteroatoms. The number of hydrogen-bond acceptors (Lipinski definition) is 3. The van der Waals surface area contributed by atoms with Crippen molar-refractivity contribution in [3.05, 3.63) is 0 Å². The van der Waals surface area contributed by atoms with Crippen molar-refractivity contribution < 1.29 is 17.2 Å². The SMILES string of the molecule is CC(OS(=O)(=O)O)[Si](C)(C)C. The zero-order valence-corrected chi connectivity index (χ0v) is 8.97. The smallest absolute Gasteiger partial charge is 0.264 e. The first kappa shape index (κ1) is 11.1. The molecule has 1 atom stereocenters. The molecule has 4 nitrogen and oxygen atoms in total. The summed E-state index contributed by atoms with van der Waals surface area (Å²) in [6.07, 6.45) is 0. The molecule has 0 aliphatic carbocycles. The topological polar surface area (TPSA) is 63.6 Å². The van der Waals surface area contributed by atoms with Gasteiger partial charge in [-0.1, -0.05) is 19.6 Å². The molecule has 0 aliphatic rings. The Morgan fingerprint density at radius 2 is 1.73 bits per heavy atom. The molecule has 0 heterocycles. The van der Waals surface area contributed by atoms with Crippen molar-refractivity contribution in [3.63, 3.8) is 0 Å². The predicted octanol–water partition coefficient (Wildman–Crippen LogP) is 1.07. The molecule has 1 unspecified atom stereocenters. The van der Waals surface area contributed by atoms with E-state index in [1.54, 1.807) is 6.92 Å². The third-order valence-electron chi connectivity index (χ3n) is 1.49. The minimum atomic E-state index is -4.27. The molecule has 0 aromatic carbocycles. The molecule has 0 aromatic rings. The maximum absolute atomic E-state index is 10.2. The van der Waals surface area contributed by atoms with E-state index < -0.39 is 24.2 Å². The summed E-state index contributed by atoms with van der Waals surface area (Å²) in [6, 6.07) is 0. The maximum Gasteiger partial charge on any atom is 0.397 e. The Balaban J connectivity index is 4.21. The van der Waals surface area contributed by atoms with Crippen molar-refractivity contribution in [1.82, 2.24) is 0 Å². The molecule has 0 amide bonds. The Bertz CT molecular complexity index is 215. The lowest BCUT2D eigenvalue weighted by molar-refractivity contribution is 0.248. The molecule has 0 rings (SSSR count). The molecule has 0 saturated heterocycles. The van der Waals surface area contributed by atoms with Crippen LogP contribution in [-0.4, -0.2) is 26.8 Å². The molecule has 0 fully saturated rings. The van der Waals surface area contributed by atoms with E-state index in [9.17, 15) is 8.42 Å². The first-order valence-electron chi connectivity index (χ1n) is 3.28. The summed E-state index contributed by atoms with van der Waals surface area (Å²) in [7, 11) is -5.90. The van der Waals surface area contributed by atoms with Crippen molar-refractivity contribution in [2.45, 2.75) is 32.3 Å². The largest absolute Gasteiger partial charge is 0.397 e. The number of rotatable bonds is 3. The van der Waals surface area contributed by atoms with Crippen molar-refractivity contribution in [3.8, 4) is 0 Å². The Kier molecular flexibility index (Phi) is 3.24. The fourth-order valence-electron chi connectivity index (χ4n) is 0.327. The lowest BCUT2D eigenvalue weighted by Gasteiger charge is -2.22. The van der Waals surface area contributed by atoms with E-state index in [4.69, 9.17) is 4.55 Å². The van der Waals surface area contributed by atoms with Gasteiger partial charge in [-0.25, -0.2) is 4.18 Å². The van der Waals surface area contributed by atoms with Crippen molar-refractivity contribution in [2.75, 3.05) is 0 Å². The van der Waals surface area contributed by atoms with Crippen molar-refractivity contribution >= 4 is 18.5 Å². The molecule has 0 saturated carbocycles. The van der Waals surface area contributed by atoms with E-state index in [1.807, 2.05) is 19.6 Å². The number of hydrogen-bond donors (Lipinski definition) is 1. The van der Waals surface area contributed by atoms with Gasteiger partial charge in [-0.05, 0) is 6.92 Å². The molecule has 0 spiro atoms. The summed E-state index contributed by atoms with van der Waals surface area (Å²) in [4.78, 5) is 0. The van der Waals surface area contributed by atoms with Gasteiger partial charge in [0.05, 0.1) is 13.8 Å².